The van der Waals surface area contributed by atoms with Gasteiger partial charge in [0, 0.05) is 30.5 Å². The molecule has 1 aliphatic carbocycles. The molecule has 2 aromatic rings. The summed E-state index contributed by atoms with van der Waals surface area (Å²) in [4.78, 5) is 27.4. The van der Waals surface area contributed by atoms with E-state index in [9.17, 15) is 35.9 Å². The van der Waals surface area contributed by atoms with E-state index in [1.165, 1.54) is 6.92 Å². The molecule has 2 heterocycles. The highest BCUT2D eigenvalue weighted by molar-refractivity contribution is 5.87. The SMILES string of the molecule is Cc1c(N2CC(CN)C(C(F)(F)F)C2)c(F)cc2c(=O)[nH]c(=O)n(C(F)(F)C3CC3)c12. The van der Waals surface area contributed by atoms with Gasteiger partial charge in [-0.25, -0.2) is 13.8 Å². The van der Waals surface area contributed by atoms with E-state index >= 15 is 0 Å². The molecule has 4 rings (SSSR count). The van der Waals surface area contributed by atoms with Crippen LogP contribution >= 0.6 is 0 Å². The number of nitrogens with zero attached hydrogens (tertiary/aromatic N) is 2. The number of aromatic nitrogens is 2. The van der Waals surface area contributed by atoms with Gasteiger partial charge in [-0.2, -0.15) is 22.0 Å². The normalized spacial score (nSPS) is 22.5. The van der Waals surface area contributed by atoms with Crippen LogP contribution in [0.25, 0.3) is 10.9 Å². The van der Waals surface area contributed by atoms with Gasteiger partial charge in [-0.05, 0) is 32.4 Å². The van der Waals surface area contributed by atoms with Gasteiger partial charge in [0.1, 0.15) is 5.82 Å². The van der Waals surface area contributed by atoms with Crippen LogP contribution in [0.2, 0.25) is 0 Å². The number of nitrogens with two attached hydrogens (primary N) is 1. The van der Waals surface area contributed by atoms with Gasteiger partial charge in [-0.15, -0.1) is 0 Å². The number of nitrogens with one attached hydrogen (secondary N) is 1. The van der Waals surface area contributed by atoms with Crippen LogP contribution in [0.5, 0.6) is 0 Å². The number of benzene rings is 1. The largest absolute Gasteiger partial charge is 0.393 e. The summed E-state index contributed by atoms with van der Waals surface area (Å²) < 4.78 is 85.2. The molecule has 31 heavy (non-hydrogen) atoms. The number of hydrogen-bond donors (Lipinski definition) is 2. The fourth-order valence-electron chi connectivity index (χ4n) is 4.49. The summed E-state index contributed by atoms with van der Waals surface area (Å²) in [7, 11) is 0. The van der Waals surface area contributed by atoms with Crippen LogP contribution in [-0.2, 0) is 6.05 Å². The molecule has 1 saturated heterocycles. The first kappa shape index (κ1) is 21.7. The van der Waals surface area contributed by atoms with Crippen molar-refractivity contribution in [2.75, 3.05) is 24.5 Å². The van der Waals surface area contributed by atoms with Crippen molar-refractivity contribution in [1.82, 2.24) is 9.55 Å². The second kappa shape index (κ2) is 7.01. The minimum Gasteiger partial charge on any atom is -0.368 e. The van der Waals surface area contributed by atoms with Gasteiger partial charge >= 0.3 is 17.9 Å². The number of hydrogen-bond acceptors (Lipinski definition) is 4. The fourth-order valence-corrected chi connectivity index (χ4v) is 4.49. The Morgan fingerprint density at radius 2 is 1.81 bits per heavy atom. The third-order valence-corrected chi connectivity index (χ3v) is 6.20. The maximum absolute atomic E-state index is 15.0. The topological polar surface area (TPSA) is 84.1 Å². The Balaban J connectivity index is 1.95. The van der Waals surface area contributed by atoms with E-state index < -0.39 is 64.5 Å². The number of rotatable bonds is 4. The summed E-state index contributed by atoms with van der Waals surface area (Å²) in [6, 6.07) is -2.95. The van der Waals surface area contributed by atoms with E-state index in [0.29, 0.717) is 6.07 Å². The first-order chi connectivity index (χ1) is 14.4. The van der Waals surface area contributed by atoms with Crippen molar-refractivity contribution in [2.45, 2.75) is 32.0 Å². The molecule has 0 spiro atoms. The molecule has 1 aliphatic heterocycles. The van der Waals surface area contributed by atoms with Crippen molar-refractivity contribution in [2.24, 2.45) is 23.5 Å². The number of anilines is 1. The number of fused-ring (bicyclic) bond motifs is 1. The molecule has 12 heteroatoms. The van der Waals surface area contributed by atoms with E-state index in [-0.39, 0.29) is 41.7 Å². The van der Waals surface area contributed by atoms with Crippen molar-refractivity contribution in [3.63, 3.8) is 0 Å². The van der Waals surface area contributed by atoms with Gasteiger partial charge in [0.2, 0.25) is 0 Å². The van der Waals surface area contributed by atoms with Gasteiger partial charge in [-0.1, -0.05) is 0 Å². The van der Waals surface area contributed by atoms with Crippen molar-refractivity contribution < 1.29 is 26.3 Å². The molecule has 2 aliphatic rings. The van der Waals surface area contributed by atoms with Crippen LogP contribution < -0.4 is 21.9 Å². The lowest BCUT2D eigenvalue weighted by Gasteiger charge is -2.26. The maximum Gasteiger partial charge on any atom is 0.393 e. The van der Waals surface area contributed by atoms with Crippen LogP contribution in [0.3, 0.4) is 0 Å². The lowest BCUT2D eigenvalue weighted by molar-refractivity contribution is -0.178. The number of aromatic amines is 1. The van der Waals surface area contributed by atoms with Crippen molar-refractivity contribution >= 4 is 16.6 Å². The summed E-state index contributed by atoms with van der Waals surface area (Å²) in [6.07, 6.45) is -4.23. The number of alkyl halides is 5. The molecule has 6 nitrogen and oxygen atoms in total. The summed E-state index contributed by atoms with van der Waals surface area (Å²) in [5.41, 5.74) is 2.05. The van der Waals surface area contributed by atoms with Crippen LogP contribution in [-0.4, -0.2) is 35.4 Å². The zero-order valence-corrected chi connectivity index (χ0v) is 16.4. The molecular weight excluding hydrogens is 430 g/mol. The summed E-state index contributed by atoms with van der Waals surface area (Å²) in [5, 5.41) is -0.472. The minimum atomic E-state index is -4.57. The molecular formula is C19H20F6N4O2. The average Bonchev–Trinajstić information content (AvgIpc) is 3.42. The molecule has 1 saturated carbocycles. The Kier molecular flexibility index (Phi) is 4.91. The van der Waals surface area contributed by atoms with E-state index in [0.717, 1.165) is 4.90 Å². The second-order valence-electron chi connectivity index (χ2n) is 8.23. The van der Waals surface area contributed by atoms with Gasteiger partial charge in [0.25, 0.3) is 5.56 Å². The zero-order valence-electron chi connectivity index (χ0n) is 16.4. The third kappa shape index (κ3) is 3.40. The van der Waals surface area contributed by atoms with Crippen LogP contribution in [0.1, 0.15) is 18.4 Å². The first-order valence-electron chi connectivity index (χ1n) is 9.76. The Bertz CT molecular complexity index is 1150. The van der Waals surface area contributed by atoms with E-state index in [1.54, 1.807) is 4.98 Å². The third-order valence-electron chi connectivity index (χ3n) is 6.20. The van der Waals surface area contributed by atoms with E-state index in [1.807, 2.05) is 0 Å². The molecule has 0 bridgehead atoms. The Hall–Kier alpha value is -2.50. The van der Waals surface area contributed by atoms with Crippen molar-refractivity contribution in [3.8, 4) is 0 Å². The molecule has 0 radical (unpaired) electrons. The van der Waals surface area contributed by atoms with Crippen LogP contribution in [0, 0.1) is 30.5 Å². The van der Waals surface area contributed by atoms with E-state index in [4.69, 9.17) is 5.73 Å². The lowest BCUT2D eigenvalue weighted by Crippen LogP contribution is -2.41. The highest BCUT2D eigenvalue weighted by Gasteiger charge is 2.51. The fraction of sp³-hybridized carbons (Fsp3) is 0.579. The van der Waals surface area contributed by atoms with Gasteiger partial charge in [0.05, 0.1) is 22.5 Å². The monoisotopic (exact) mass is 450 g/mol. The summed E-state index contributed by atoms with van der Waals surface area (Å²) >= 11 is 0. The van der Waals surface area contributed by atoms with Gasteiger partial charge in [0.15, 0.2) is 0 Å². The predicted octanol–water partition coefficient (Wildman–Crippen LogP) is 2.67. The van der Waals surface area contributed by atoms with Crippen molar-refractivity contribution in [1.29, 1.82) is 0 Å². The summed E-state index contributed by atoms with van der Waals surface area (Å²) in [6.45, 7) is 0.0774. The number of H-pyrrole nitrogens is 1. The Morgan fingerprint density at radius 1 is 1.16 bits per heavy atom. The zero-order chi connectivity index (χ0) is 22.9. The number of halogens is 6. The molecule has 0 amide bonds. The van der Waals surface area contributed by atoms with Crippen molar-refractivity contribution in [3.05, 3.63) is 38.3 Å². The highest BCUT2D eigenvalue weighted by Crippen LogP contribution is 2.48. The Morgan fingerprint density at radius 3 is 2.32 bits per heavy atom. The first-order valence-corrected chi connectivity index (χ1v) is 9.76. The number of aryl methyl sites for hydroxylation is 1. The Labute approximate surface area is 171 Å². The van der Waals surface area contributed by atoms with Crippen LogP contribution in [0.4, 0.5) is 32.0 Å². The molecule has 170 valence electrons. The highest BCUT2D eigenvalue weighted by atomic mass is 19.4. The molecule has 2 atom stereocenters. The average molecular weight is 450 g/mol. The van der Waals surface area contributed by atoms with Gasteiger partial charge in [-0.3, -0.25) is 9.78 Å². The van der Waals surface area contributed by atoms with E-state index in [2.05, 4.69) is 0 Å². The molecule has 3 N–H and O–H groups in total. The smallest absolute Gasteiger partial charge is 0.368 e. The molecule has 2 unspecified atom stereocenters. The molecule has 2 fully saturated rings. The summed E-state index contributed by atoms with van der Waals surface area (Å²) in [5.74, 6) is -4.98. The molecule has 1 aromatic carbocycles. The maximum atomic E-state index is 15.0. The van der Waals surface area contributed by atoms with Gasteiger partial charge < -0.3 is 10.6 Å². The standard InChI is InChI=1S/C19H20F6N4O2/c1-8-14-11(16(30)27-17(31)29(14)19(24,25)10-2-3-10)4-13(20)15(8)28-6-9(5-26)12(7-28)18(21,22)23/h4,9-10,12H,2-3,5-7,26H2,1H3,(H,27,30,31). The molecule has 1 aromatic heterocycles. The minimum absolute atomic E-state index is 0.136. The predicted molar refractivity (Wildman–Crippen MR) is 101 cm³/mol. The lowest BCUT2D eigenvalue weighted by atomic mass is 9.96. The quantitative estimate of drug-likeness (QED) is 0.702. The second-order valence-corrected chi connectivity index (χ2v) is 8.23. The van der Waals surface area contributed by atoms with Crippen LogP contribution in [0.15, 0.2) is 15.7 Å².